The molecule has 0 aliphatic rings. The number of thioether (sulfide) groups is 1. The van der Waals surface area contributed by atoms with Crippen LogP contribution in [0.15, 0.2) is 88.3 Å². The van der Waals surface area contributed by atoms with Crippen molar-refractivity contribution in [3.8, 4) is 51.8 Å². The van der Waals surface area contributed by atoms with Gasteiger partial charge in [0.15, 0.2) is 5.76 Å². The zero-order valence-electron chi connectivity index (χ0n) is 22.6. The van der Waals surface area contributed by atoms with Gasteiger partial charge in [-0.1, -0.05) is 65.8 Å². The monoisotopic (exact) mass is 609 g/mol. The van der Waals surface area contributed by atoms with E-state index in [0.29, 0.717) is 50.0 Å². The van der Waals surface area contributed by atoms with Crippen molar-refractivity contribution < 1.29 is 19.4 Å². The zero-order chi connectivity index (χ0) is 30.3. The number of aliphatic hydroxyl groups is 2. The fourth-order valence-corrected chi connectivity index (χ4v) is 5.32. The van der Waals surface area contributed by atoms with Crippen molar-refractivity contribution in [2.75, 3.05) is 18.9 Å². The normalized spacial score (nSPS) is 11.5. The van der Waals surface area contributed by atoms with Crippen LogP contribution >= 0.6 is 23.4 Å². The molecule has 0 aliphatic heterocycles. The second-order valence-corrected chi connectivity index (χ2v) is 10.7. The third-order valence-corrected chi connectivity index (χ3v) is 7.62. The van der Waals surface area contributed by atoms with E-state index in [1.807, 2.05) is 42.5 Å². The molecule has 0 saturated heterocycles. The van der Waals surface area contributed by atoms with E-state index in [4.69, 9.17) is 36.6 Å². The van der Waals surface area contributed by atoms with E-state index in [9.17, 15) is 15.6 Å². The van der Waals surface area contributed by atoms with Crippen LogP contribution < -0.4 is 10.5 Å². The molecule has 214 valence electrons. The van der Waals surface area contributed by atoms with Crippen LogP contribution in [0.5, 0.6) is 5.75 Å². The van der Waals surface area contributed by atoms with E-state index >= 15 is 0 Å². The summed E-state index contributed by atoms with van der Waals surface area (Å²) >= 11 is 7.33. The number of benzene rings is 3. The molecule has 4 N–H and O–H groups in total. The summed E-state index contributed by atoms with van der Waals surface area (Å²) in [4.78, 5) is 9.18. The van der Waals surface area contributed by atoms with E-state index in [-0.39, 0.29) is 23.6 Å². The van der Waals surface area contributed by atoms with Gasteiger partial charge in [-0.15, -0.1) is 0 Å². The molecule has 0 radical (unpaired) electrons. The molecule has 3 aromatic carbocycles. The van der Waals surface area contributed by atoms with Crippen LogP contribution in [0.1, 0.15) is 16.8 Å². The number of halogens is 1. The van der Waals surface area contributed by atoms with Gasteiger partial charge in [0.1, 0.15) is 47.0 Å². The van der Waals surface area contributed by atoms with Gasteiger partial charge in [-0.05, 0) is 42.0 Å². The highest BCUT2D eigenvalue weighted by atomic mass is 35.5. The summed E-state index contributed by atoms with van der Waals surface area (Å²) in [6.45, 7) is -0.506. The summed E-state index contributed by atoms with van der Waals surface area (Å²) in [5.74, 6) is 1.75. The number of oxazole rings is 1. The van der Waals surface area contributed by atoms with Gasteiger partial charge in [-0.2, -0.15) is 10.5 Å². The lowest BCUT2D eigenvalue weighted by Gasteiger charge is -2.14. The van der Waals surface area contributed by atoms with Crippen LogP contribution in [0.3, 0.4) is 0 Å². The van der Waals surface area contributed by atoms with Crippen LogP contribution in [0, 0.1) is 22.7 Å². The summed E-state index contributed by atoms with van der Waals surface area (Å²) < 4.78 is 11.7. The maximum absolute atomic E-state index is 10.2. The molecule has 0 aliphatic carbocycles. The van der Waals surface area contributed by atoms with Gasteiger partial charge in [0, 0.05) is 27.5 Å². The van der Waals surface area contributed by atoms with Crippen LogP contribution in [-0.2, 0) is 5.75 Å². The van der Waals surface area contributed by atoms with Crippen LogP contribution in [0.4, 0.5) is 5.82 Å². The molecule has 2 heterocycles. The lowest BCUT2D eigenvalue weighted by Crippen LogP contribution is -2.21. The lowest BCUT2D eigenvalue weighted by molar-refractivity contribution is 0.0536. The number of nitriles is 2. The van der Waals surface area contributed by atoms with Gasteiger partial charge in [-0.3, -0.25) is 0 Å². The van der Waals surface area contributed by atoms with Crippen molar-refractivity contribution in [3.63, 3.8) is 0 Å². The highest BCUT2D eigenvalue weighted by molar-refractivity contribution is 7.98. The Morgan fingerprint density at radius 2 is 1.58 bits per heavy atom. The Kier molecular flexibility index (Phi) is 9.26. The number of rotatable bonds is 10. The first kappa shape index (κ1) is 29.6. The summed E-state index contributed by atoms with van der Waals surface area (Å²) in [6.07, 6.45) is -1.01. The molecule has 43 heavy (non-hydrogen) atoms. The number of hydrogen-bond acceptors (Lipinski definition) is 10. The Morgan fingerprint density at radius 1 is 0.907 bits per heavy atom. The van der Waals surface area contributed by atoms with Gasteiger partial charge in [0.2, 0.25) is 5.89 Å². The fraction of sp³-hybridized carbons (Fsp3) is 0.125. The molecule has 2 aromatic heterocycles. The van der Waals surface area contributed by atoms with Crippen molar-refractivity contribution in [2.45, 2.75) is 16.9 Å². The van der Waals surface area contributed by atoms with Crippen molar-refractivity contribution in [3.05, 3.63) is 101 Å². The van der Waals surface area contributed by atoms with E-state index in [2.05, 4.69) is 17.1 Å². The van der Waals surface area contributed by atoms with Gasteiger partial charge in [0.05, 0.1) is 17.9 Å². The Labute approximate surface area is 256 Å². The molecular weight excluding hydrogens is 586 g/mol. The predicted octanol–water partition coefficient (Wildman–Crippen LogP) is 6.07. The van der Waals surface area contributed by atoms with E-state index in [1.165, 1.54) is 11.8 Å². The molecule has 5 rings (SSSR count). The third-order valence-electron chi connectivity index (χ3n) is 6.38. The van der Waals surface area contributed by atoms with Crippen LogP contribution in [-0.4, -0.2) is 39.5 Å². The smallest absolute Gasteiger partial charge is 0.227 e. The van der Waals surface area contributed by atoms with E-state index in [1.54, 1.807) is 36.4 Å². The van der Waals surface area contributed by atoms with E-state index in [0.717, 1.165) is 11.1 Å². The number of nitrogen functional groups attached to an aromatic ring is 1. The topological polar surface area (TPSA) is 162 Å². The molecule has 0 saturated carbocycles. The number of ether oxygens (including phenoxy) is 1. The van der Waals surface area contributed by atoms with Gasteiger partial charge >= 0.3 is 0 Å². The first-order valence-corrected chi connectivity index (χ1v) is 14.4. The molecular formula is C32H24ClN5O4S. The number of nitrogens with two attached hydrogens (primary N) is 1. The number of aromatic nitrogens is 2. The molecule has 1 atom stereocenters. The molecule has 0 fully saturated rings. The van der Waals surface area contributed by atoms with E-state index < -0.39 is 12.7 Å². The Balaban J connectivity index is 1.50. The molecule has 0 bridgehead atoms. The summed E-state index contributed by atoms with van der Waals surface area (Å²) in [7, 11) is 0. The molecule has 9 nitrogen and oxygen atoms in total. The summed E-state index contributed by atoms with van der Waals surface area (Å²) in [5, 5.41) is 39.6. The van der Waals surface area contributed by atoms with Crippen molar-refractivity contribution in [2.24, 2.45) is 0 Å². The Hall–Kier alpha value is -4.84. The zero-order valence-corrected chi connectivity index (χ0v) is 24.1. The number of hydrogen-bond donors (Lipinski definition) is 3. The minimum Gasteiger partial charge on any atom is -0.491 e. The molecule has 0 spiro atoms. The fourth-order valence-electron chi connectivity index (χ4n) is 4.27. The van der Waals surface area contributed by atoms with Crippen LogP contribution in [0.2, 0.25) is 5.02 Å². The standard InChI is InChI=1S/C32H24ClN5O4S/c33-22-10-6-21(7-11-22)31-37-27(29(42-31)20-4-2-1-3-5-20)18-43-32-26(15-35)28(25(14-34)30(36)38-32)19-8-12-24(13-9-19)41-17-23(40)16-39/h1-13,23,39-40H,16-18H2,(H2,36,38)/t23-/m1/s1. The minimum atomic E-state index is -1.01. The average molecular weight is 610 g/mol. The molecule has 0 amide bonds. The Bertz CT molecular complexity index is 1820. The quantitative estimate of drug-likeness (QED) is 0.158. The van der Waals surface area contributed by atoms with Crippen molar-refractivity contribution in [1.29, 1.82) is 10.5 Å². The van der Waals surface area contributed by atoms with Crippen LogP contribution in [0.25, 0.3) is 33.9 Å². The van der Waals surface area contributed by atoms with Crippen molar-refractivity contribution in [1.82, 2.24) is 9.97 Å². The molecule has 11 heteroatoms. The second kappa shape index (κ2) is 13.4. The second-order valence-electron chi connectivity index (χ2n) is 9.28. The first-order chi connectivity index (χ1) is 20.9. The largest absolute Gasteiger partial charge is 0.491 e. The highest BCUT2D eigenvalue weighted by Gasteiger charge is 2.23. The number of pyridine rings is 1. The first-order valence-electron chi connectivity index (χ1n) is 13.0. The minimum absolute atomic E-state index is 0.00400. The maximum Gasteiger partial charge on any atom is 0.227 e. The third kappa shape index (κ3) is 6.64. The molecule has 0 unspecified atom stereocenters. The van der Waals surface area contributed by atoms with Gasteiger partial charge in [-0.25, -0.2) is 9.97 Å². The summed E-state index contributed by atoms with van der Waals surface area (Å²) in [6, 6.07) is 27.7. The summed E-state index contributed by atoms with van der Waals surface area (Å²) in [5.41, 5.74) is 9.67. The Morgan fingerprint density at radius 3 is 2.23 bits per heavy atom. The molecule has 5 aromatic rings. The highest BCUT2D eigenvalue weighted by Crippen LogP contribution is 2.39. The SMILES string of the molecule is N#Cc1c(N)nc(SCc2nc(-c3ccc(Cl)cc3)oc2-c2ccccc2)c(C#N)c1-c1ccc(OC[C@H](O)CO)cc1. The average Bonchev–Trinajstić information content (AvgIpc) is 3.47. The predicted molar refractivity (Wildman–Crippen MR) is 164 cm³/mol. The number of aliphatic hydroxyl groups excluding tert-OH is 2. The van der Waals surface area contributed by atoms with Crippen molar-refractivity contribution >= 4 is 29.2 Å². The number of anilines is 1. The number of nitrogens with zero attached hydrogens (tertiary/aromatic N) is 4. The van der Waals surface area contributed by atoms with Gasteiger partial charge in [0.25, 0.3) is 0 Å². The van der Waals surface area contributed by atoms with Gasteiger partial charge < -0.3 is 25.1 Å². The maximum atomic E-state index is 10.2. The lowest BCUT2D eigenvalue weighted by atomic mass is 9.97.